The Labute approximate surface area is 173 Å². The second-order valence-corrected chi connectivity index (χ2v) is 6.93. The number of nitro benzene ring substituents is 1. The van der Waals surface area contributed by atoms with E-state index in [1.54, 1.807) is 30.3 Å². The number of hydrogen-bond acceptors (Lipinski definition) is 6. The van der Waals surface area contributed by atoms with Gasteiger partial charge in [0.1, 0.15) is 11.5 Å². The Kier molecular flexibility index (Phi) is 6.15. The van der Waals surface area contributed by atoms with E-state index in [0.29, 0.717) is 29.8 Å². The van der Waals surface area contributed by atoms with Gasteiger partial charge in [0.25, 0.3) is 17.4 Å². The minimum absolute atomic E-state index is 0.0817. The van der Waals surface area contributed by atoms with Gasteiger partial charge in [-0.3, -0.25) is 19.7 Å². The Bertz CT molecular complexity index is 1010. The summed E-state index contributed by atoms with van der Waals surface area (Å²) in [5.41, 5.74) is 0.508. The minimum Gasteiger partial charge on any atom is -0.507 e. The maximum atomic E-state index is 12.9. The molecule has 0 bridgehead atoms. The van der Waals surface area contributed by atoms with E-state index in [-0.39, 0.29) is 17.0 Å². The number of Topliss-reactive ketones (excluding diaryl/α,β-unsaturated/α-hetero) is 1. The molecule has 156 valence electrons. The lowest BCUT2D eigenvalue weighted by molar-refractivity contribution is -0.384. The number of ketones is 1. The molecule has 1 amide bonds. The highest BCUT2D eigenvalue weighted by Crippen LogP contribution is 2.40. The first-order valence-corrected chi connectivity index (χ1v) is 9.56. The van der Waals surface area contributed by atoms with Crippen LogP contribution in [0.4, 0.5) is 5.69 Å². The number of ether oxygens (including phenoxy) is 1. The number of non-ortho nitro benzene ring substituents is 1. The van der Waals surface area contributed by atoms with Gasteiger partial charge in [-0.1, -0.05) is 25.5 Å². The van der Waals surface area contributed by atoms with E-state index < -0.39 is 22.7 Å². The predicted molar refractivity (Wildman–Crippen MR) is 110 cm³/mol. The molecule has 2 aromatic carbocycles. The minimum atomic E-state index is -0.904. The van der Waals surface area contributed by atoms with Crippen molar-refractivity contribution < 1.29 is 24.4 Å². The molecule has 3 rings (SSSR count). The summed E-state index contributed by atoms with van der Waals surface area (Å²) < 4.78 is 5.11. The summed E-state index contributed by atoms with van der Waals surface area (Å²) in [5.74, 6) is -1.29. The van der Waals surface area contributed by atoms with E-state index in [2.05, 4.69) is 0 Å². The molecule has 1 N–H and O–H groups in total. The van der Waals surface area contributed by atoms with Gasteiger partial charge in [-0.2, -0.15) is 0 Å². The Morgan fingerprint density at radius 1 is 1.20 bits per heavy atom. The number of unbranched alkanes of at least 4 members (excludes halogenated alkanes) is 1. The van der Waals surface area contributed by atoms with Gasteiger partial charge >= 0.3 is 0 Å². The Morgan fingerprint density at radius 2 is 1.90 bits per heavy atom. The van der Waals surface area contributed by atoms with Crippen molar-refractivity contribution in [2.45, 2.75) is 25.8 Å². The first-order valence-electron chi connectivity index (χ1n) is 9.56. The number of aliphatic hydroxyl groups excluding tert-OH is 1. The average molecular weight is 410 g/mol. The van der Waals surface area contributed by atoms with Crippen LogP contribution in [-0.4, -0.2) is 40.3 Å². The van der Waals surface area contributed by atoms with Gasteiger partial charge in [0.05, 0.1) is 23.6 Å². The van der Waals surface area contributed by atoms with Crippen molar-refractivity contribution in [2.24, 2.45) is 0 Å². The van der Waals surface area contributed by atoms with Crippen molar-refractivity contribution in [3.05, 3.63) is 75.3 Å². The van der Waals surface area contributed by atoms with E-state index >= 15 is 0 Å². The number of amides is 1. The maximum Gasteiger partial charge on any atom is 0.295 e. The van der Waals surface area contributed by atoms with Crippen molar-refractivity contribution in [1.82, 2.24) is 4.90 Å². The molecule has 0 saturated carbocycles. The second kappa shape index (κ2) is 8.77. The SMILES string of the molecule is CCCCN1C(=O)C(=O)C(=C(O)c2ccc(OC)cc2)C1c1cccc([N+](=O)[O-])c1. The Balaban J connectivity index is 2.17. The van der Waals surface area contributed by atoms with Gasteiger partial charge in [-0.05, 0) is 36.2 Å². The van der Waals surface area contributed by atoms with Crippen LogP contribution < -0.4 is 4.74 Å². The lowest BCUT2D eigenvalue weighted by Crippen LogP contribution is -2.30. The average Bonchev–Trinajstić information content (AvgIpc) is 3.02. The third kappa shape index (κ3) is 3.89. The van der Waals surface area contributed by atoms with Gasteiger partial charge < -0.3 is 14.7 Å². The summed E-state index contributed by atoms with van der Waals surface area (Å²) in [6.45, 7) is 2.25. The van der Waals surface area contributed by atoms with E-state index in [1.807, 2.05) is 6.92 Å². The van der Waals surface area contributed by atoms with E-state index in [9.17, 15) is 24.8 Å². The third-order valence-electron chi connectivity index (χ3n) is 5.05. The number of nitro groups is 1. The molecular weight excluding hydrogens is 388 g/mol. The van der Waals surface area contributed by atoms with Crippen molar-refractivity contribution >= 4 is 23.1 Å². The molecule has 1 atom stereocenters. The van der Waals surface area contributed by atoms with Crippen LogP contribution in [0.15, 0.2) is 54.1 Å². The Morgan fingerprint density at radius 3 is 2.50 bits per heavy atom. The molecule has 2 aromatic rings. The summed E-state index contributed by atoms with van der Waals surface area (Å²) in [7, 11) is 1.51. The number of aliphatic hydroxyl groups is 1. The number of benzene rings is 2. The van der Waals surface area contributed by atoms with Gasteiger partial charge in [-0.15, -0.1) is 0 Å². The molecule has 8 heteroatoms. The number of rotatable bonds is 7. The summed E-state index contributed by atoms with van der Waals surface area (Å²) in [6, 6.07) is 11.3. The second-order valence-electron chi connectivity index (χ2n) is 6.93. The van der Waals surface area contributed by atoms with Gasteiger partial charge in [0.2, 0.25) is 0 Å². The largest absolute Gasteiger partial charge is 0.507 e. The zero-order valence-corrected chi connectivity index (χ0v) is 16.7. The van der Waals surface area contributed by atoms with E-state index in [1.165, 1.54) is 30.2 Å². The topological polar surface area (TPSA) is 110 Å². The zero-order chi connectivity index (χ0) is 21.8. The maximum absolute atomic E-state index is 12.9. The first-order chi connectivity index (χ1) is 14.4. The smallest absolute Gasteiger partial charge is 0.295 e. The number of carbonyl (C=O) groups is 2. The van der Waals surface area contributed by atoms with Crippen LogP contribution in [0.3, 0.4) is 0 Å². The van der Waals surface area contributed by atoms with Gasteiger partial charge in [0, 0.05) is 24.2 Å². The molecule has 1 heterocycles. The quantitative estimate of drug-likeness (QED) is 0.244. The molecular formula is C22H22N2O6. The molecule has 30 heavy (non-hydrogen) atoms. The molecule has 0 aromatic heterocycles. The van der Waals surface area contributed by atoms with E-state index in [4.69, 9.17) is 4.74 Å². The van der Waals surface area contributed by atoms with Crippen LogP contribution in [-0.2, 0) is 9.59 Å². The molecule has 1 fully saturated rings. The lowest BCUT2D eigenvalue weighted by Gasteiger charge is -2.25. The van der Waals surface area contributed by atoms with Crippen molar-refractivity contribution in [2.75, 3.05) is 13.7 Å². The summed E-state index contributed by atoms with van der Waals surface area (Å²) in [6.07, 6.45) is 1.45. The van der Waals surface area contributed by atoms with Crippen LogP contribution in [0, 0.1) is 10.1 Å². The lowest BCUT2D eigenvalue weighted by atomic mass is 9.95. The van der Waals surface area contributed by atoms with Crippen LogP contribution in [0.25, 0.3) is 5.76 Å². The fourth-order valence-corrected chi connectivity index (χ4v) is 3.50. The van der Waals surface area contributed by atoms with Crippen molar-refractivity contribution in [1.29, 1.82) is 0 Å². The fraction of sp³-hybridized carbons (Fsp3) is 0.273. The number of likely N-dealkylation sites (tertiary alicyclic amines) is 1. The van der Waals surface area contributed by atoms with Crippen LogP contribution >= 0.6 is 0 Å². The molecule has 8 nitrogen and oxygen atoms in total. The highest BCUT2D eigenvalue weighted by Gasteiger charge is 2.46. The molecule has 0 spiro atoms. The number of hydrogen-bond donors (Lipinski definition) is 1. The molecule has 1 aliphatic heterocycles. The molecule has 1 unspecified atom stereocenters. The highest BCUT2D eigenvalue weighted by atomic mass is 16.6. The van der Waals surface area contributed by atoms with Crippen LogP contribution in [0.2, 0.25) is 0 Å². The first kappa shape index (κ1) is 21.0. The van der Waals surface area contributed by atoms with Crippen molar-refractivity contribution in [3.63, 3.8) is 0 Å². The number of carbonyl (C=O) groups excluding carboxylic acids is 2. The monoisotopic (exact) mass is 410 g/mol. The highest BCUT2D eigenvalue weighted by molar-refractivity contribution is 6.46. The van der Waals surface area contributed by atoms with Crippen LogP contribution in [0.5, 0.6) is 5.75 Å². The molecule has 0 radical (unpaired) electrons. The Hall–Kier alpha value is -3.68. The van der Waals surface area contributed by atoms with E-state index in [0.717, 1.165) is 6.42 Å². The predicted octanol–water partition coefficient (Wildman–Crippen LogP) is 3.83. The number of methoxy groups -OCH3 is 1. The number of nitrogens with zero attached hydrogens (tertiary/aromatic N) is 2. The summed E-state index contributed by atoms with van der Waals surface area (Å²) in [4.78, 5) is 37.7. The van der Waals surface area contributed by atoms with Crippen LogP contribution in [0.1, 0.15) is 36.9 Å². The molecule has 1 aliphatic rings. The molecule has 0 aliphatic carbocycles. The zero-order valence-electron chi connectivity index (χ0n) is 16.7. The normalized spacial score (nSPS) is 17.9. The van der Waals surface area contributed by atoms with Crippen molar-refractivity contribution in [3.8, 4) is 5.75 Å². The fourth-order valence-electron chi connectivity index (χ4n) is 3.50. The molecule has 1 saturated heterocycles. The third-order valence-corrected chi connectivity index (χ3v) is 5.05. The standard InChI is InChI=1S/C22H22N2O6/c1-3-4-12-23-19(15-6-5-7-16(13-15)24(28)29)18(21(26)22(23)27)20(25)14-8-10-17(30-2)11-9-14/h5-11,13,19,25H,3-4,12H2,1-2H3. The summed E-state index contributed by atoms with van der Waals surface area (Å²) >= 11 is 0. The van der Waals surface area contributed by atoms with Gasteiger partial charge in [0.15, 0.2) is 0 Å². The van der Waals surface area contributed by atoms with Gasteiger partial charge in [-0.25, -0.2) is 0 Å². The summed E-state index contributed by atoms with van der Waals surface area (Å²) in [5, 5.41) is 22.2.